The largest absolute Gasteiger partial charge is 0.416 e. The third kappa shape index (κ3) is 4.57. The van der Waals surface area contributed by atoms with Gasteiger partial charge < -0.3 is 10.8 Å². The van der Waals surface area contributed by atoms with E-state index in [4.69, 9.17) is 10.8 Å². The summed E-state index contributed by atoms with van der Waals surface area (Å²) in [5, 5.41) is 8.59. The van der Waals surface area contributed by atoms with E-state index >= 15 is 0 Å². The van der Waals surface area contributed by atoms with E-state index < -0.39 is 11.7 Å². The summed E-state index contributed by atoms with van der Waals surface area (Å²) >= 11 is 1.47. The van der Waals surface area contributed by atoms with Gasteiger partial charge in [0.2, 0.25) is 0 Å². The third-order valence-electron chi connectivity index (χ3n) is 2.20. The lowest BCUT2D eigenvalue weighted by molar-refractivity contribution is -0.137. The molecule has 1 atom stereocenters. The molecule has 0 heterocycles. The number of thioether (sulfide) groups is 1. The second-order valence-corrected chi connectivity index (χ2v) is 4.67. The number of halogens is 3. The Bertz CT molecular complexity index is 340. The Hall–Kier alpha value is -0.720. The van der Waals surface area contributed by atoms with Gasteiger partial charge in [0.1, 0.15) is 0 Å². The molecule has 2 nitrogen and oxygen atoms in total. The highest BCUT2D eigenvalue weighted by molar-refractivity contribution is 7.99. The summed E-state index contributed by atoms with van der Waals surface area (Å²) < 4.78 is 36.9. The molecule has 0 saturated heterocycles. The molecule has 1 rings (SSSR count). The predicted molar refractivity (Wildman–Crippen MR) is 62.8 cm³/mol. The zero-order valence-electron chi connectivity index (χ0n) is 9.07. The van der Waals surface area contributed by atoms with Crippen molar-refractivity contribution in [1.82, 2.24) is 0 Å². The van der Waals surface area contributed by atoms with Crippen molar-refractivity contribution in [3.8, 4) is 0 Å². The van der Waals surface area contributed by atoms with Crippen LogP contribution in [0.25, 0.3) is 0 Å². The van der Waals surface area contributed by atoms with Crippen molar-refractivity contribution in [3.05, 3.63) is 35.4 Å². The van der Waals surface area contributed by atoms with Crippen LogP contribution < -0.4 is 5.73 Å². The number of nitrogens with two attached hydrogens (primary N) is 1. The van der Waals surface area contributed by atoms with Crippen LogP contribution in [-0.4, -0.2) is 23.2 Å². The summed E-state index contributed by atoms with van der Waals surface area (Å²) in [4.78, 5) is 0. The maximum atomic E-state index is 12.3. The summed E-state index contributed by atoms with van der Waals surface area (Å²) in [7, 11) is 0. The van der Waals surface area contributed by atoms with Crippen LogP contribution >= 0.6 is 11.8 Å². The summed E-state index contributed by atoms with van der Waals surface area (Å²) in [6.07, 6.45) is -4.31. The van der Waals surface area contributed by atoms with E-state index in [1.54, 1.807) is 0 Å². The Morgan fingerprint density at radius 3 is 2.29 bits per heavy atom. The van der Waals surface area contributed by atoms with Crippen LogP contribution in [0.3, 0.4) is 0 Å². The summed E-state index contributed by atoms with van der Waals surface area (Å²) in [5.41, 5.74) is 5.81. The standard InChI is InChI=1S/C11H14F3NOS/c12-11(13,14)9-3-1-8(2-4-9)10(15)7-17-6-5-16/h1-4,10,16H,5-7,15H2. The van der Waals surface area contributed by atoms with Crippen molar-refractivity contribution in [2.45, 2.75) is 12.2 Å². The Labute approximate surface area is 102 Å². The predicted octanol–water partition coefficient (Wildman–Crippen LogP) is 2.43. The first-order valence-corrected chi connectivity index (χ1v) is 6.22. The van der Waals surface area contributed by atoms with Crippen molar-refractivity contribution in [1.29, 1.82) is 0 Å². The minimum absolute atomic E-state index is 0.0738. The van der Waals surface area contributed by atoms with Crippen LogP contribution in [0, 0.1) is 0 Å². The van der Waals surface area contributed by atoms with Crippen LogP contribution in [0.2, 0.25) is 0 Å². The molecule has 0 spiro atoms. The van der Waals surface area contributed by atoms with E-state index in [-0.39, 0.29) is 12.6 Å². The second-order valence-electron chi connectivity index (χ2n) is 3.52. The Morgan fingerprint density at radius 1 is 1.24 bits per heavy atom. The van der Waals surface area contributed by atoms with E-state index in [9.17, 15) is 13.2 Å². The molecular formula is C11H14F3NOS. The number of alkyl halides is 3. The van der Waals surface area contributed by atoms with Gasteiger partial charge in [-0.25, -0.2) is 0 Å². The summed E-state index contributed by atoms with van der Waals surface area (Å²) in [6.45, 7) is 0.0738. The van der Waals surface area contributed by atoms with Crippen LogP contribution in [0.15, 0.2) is 24.3 Å². The lowest BCUT2D eigenvalue weighted by Crippen LogP contribution is -2.14. The van der Waals surface area contributed by atoms with Crippen LogP contribution in [0.1, 0.15) is 17.2 Å². The van der Waals surface area contributed by atoms with Gasteiger partial charge in [-0.15, -0.1) is 0 Å². The number of aliphatic hydroxyl groups is 1. The number of benzene rings is 1. The van der Waals surface area contributed by atoms with Gasteiger partial charge in [-0.3, -0.25) is 0 Å². The van der Waals surface area contributed by atoms with E-state index in [1.165, 1.54) is 23.9 Å². The molecule has 3 N–H and O–H groups in total. The first-order valence-electron chi connectivity index (χ1n) is 5.06. The monoisotopic (exact) mass is 265 g/mol. The normalized spacial score (nSPS) is 13.7. The minimum atomic E-state index is -4.31. The maximum Gasteiger partial charge on any atom is 0.416 e. The zero-order chi connectivity index (χ0) is 12.9. The molecule has 1 unspecified atom stereocenters. The Morgan fingerprint density at radius 2 is 1.82 bits per heavy atom. The first-order chi connectivity index (χ1) is 7.95. The number of hydrogen-bond acceptors (Lipinski definition) is 3. The average molecular weight is 265 g/mol. The fourth-order valence-corrected chi connectivity index (χ4v) is 2.03. The molecule has 0 radical (unpaired) electrons. The topological polar surface area (TPSA) is 46.2 Å². The smallest absolute Gasteiger partial charge is 0.396 e. The van der Waals surface area contributed by atoms with Crippen LogP contribution in [0.5, 0.6) is 0 Å². The summed E-state index contributed by atoms with van der Waals surface area (Å²) in [6, 6.07) is 4.55. The molecule has 0 saturated carbocycles. The van der Waals surface area contributed by atoms with E-state index in [0.717, 1.165) is 12.1 Å². The molecule has 1 aromatic carbocycles. The molecule has 0 aliphatic heterocycles. The van der Waals surface area contributed by atoms with Gasteiger partial charge >= 0.3 is 6.18 Å². The molecule has 0 aliphatic rings. The lowest BCUT2D eigenvalue weighted by atomic mass is 10.1. The molecular weight excluding hydrogens is 251 g/mol. The van der Waals surface area contributed by atoms with Crippen molar-refractivity contribution < 1.29 is 18.3 Å². The SMILES string of the molecule is NC(CSCCO)c1ccc(C(F)(F)F)cc1. The van der Waals surface area contributed by atoms with Gasteiger partial charge in [0.05, 0.1) is 12.2 Å². The molecule has 0 bridgehead atoms. The van der Waals surface area contributed by atoms with E-state index in [1.807, 2.05) is 0 Å². The van der Waals surface area contributed by atoms with Gasteiger partial charge in [0.25, 0.3) is 0 Å². The van der Waals surface area contributed by atoms with Gasteiger partial charge in [0, 0.05) is 17.5 Å². The van der Waals surface area contributed by atoms with Crippen molar-refractivity contribution in [3.63, 3.8) is 0 Å². The molecule has 6 heteroatoms. The van der Waals surface area contributed by atoms with Gasteiger partial charge in [-0.2, -0.15) is 24.9 Å². The highest BCUT2D eigenvalue weighted by Crippen LogP contribution is 2.29. The highest BCUT2D eigenvalue weighted by Gasteiger charge is 2.30. The van der Waals surface area contributed by atoms with Crippen molar-refractivity contribution in [2.24, 2.45) is 5.73 Å². The lowest BCUT2D eigenvalue weighted by Gasteiger charge is -2.13. The Kier molecular flexibility index (Phi) is 5.30. The molecule has 0 aliphatic carbocycles. The second kappa shape index (κ2) is 6.28. The average Bonchev–Trinajstić information content (AvgIpc) is 2.28. The quantitative estimate of drug-likeness (QED) is 0.804. The number of hydrogen-bond donors (Lipinski definition) is 2. The van der Waals surface area contributed by atoms with Crippen molar-refractivity contribution in [2.75, 3.05) is 18.1 Å². The van der Waals surface area contributed by atoms with Crippen molar-refractivity contribution >= 4 is 11.8 Å². The zero-order valence-corrected chi connectivity index (χ0v) is 9.89. The van der Waals surface area contributed by atoms with Crippen LogP contribution in [0.4, 0.5) is 13.2 Å². The third-order valence-corrected chi connectivity index (χ3v) is 3.27. The van der Waals surface area contributed by atoms with Gasteiger partial charge in [-0.1, -0.05) is 12.1 Å². The fourth-order valence-electron chi connectivity index (χ4n) is 1.29. The minimum Gasteiger partial charge on any atom is -0.396 e. The first kappa shape index (κ1) is 14.3. The number of rotatable bonds is 5. The molecule has 0 fully saturated rings. The molecule has 1 aromatic rings. The fraction of sp³-hybridized carbons (Fsp3) is 0.455. The molecule has 17 heavy (non-hydrogen) atoms. The number of aliphatic hydroxyl groups excluding tert-OH is 1. The highest BCUT2D eigenvalue weighted by atomic mass is 32.2. The van der Waals surface area contributed by atoms with Crippen LogP contribution in [-0.2, 0) is 6.18 Å². The Balaban J connectivity index is 2.61. The van der Waals surface area contributed by atoms with Gasteiger partial charge in [0.15, 0.2) is 0 Å². The van der Waals surface area contributed by atoms with E-state index in [2.05, 4.69) is 0 Å². The summed E-state index contributed by atoms with van der Waals surface area (Å²) in [5.74, 6) is 1.15. The maximum absolute atomic E-state index is 12.3. The molecule has 0 aromatic heterocycles. The van der Waals surface area contributed by atoms with Gasteiger partial charge in [-0.05, 0) is 17.7 Å². The molecule has 0 amide bonds. The van der Waals surface area contributed by atoms with E-state index in [0.29, 0.717) is 17.1 Å². The molecule has 96 valence electrons.